The minimum atomic E-state index is 0.669. The smallest absolute Gasteiger partial charge is 0.235 e. The summed E-state index contributed by atoms with van der Waals surface area (Å²) >= 11 is 1.84. The molecule has 0 saturated carbocycles. The van der Waals surface area contributed by atoms with Gasteiger partial charge in [0.1, 0.15) is 0 Å². The topological polar surface area (TPSA) is 35.6 Å². The Bertz CT molecular complexity index is 3120. The maximum atomic E-state index is 5.46. The van der Waals surface area contributed by atoms with Crippen LogP contribution in [0.25, 0.3) is 97.8 Å². The van der Waals surface area contributed by atoms with Gasteiger partial charge in [-0.15, -0.1) is 11.3 Å². The van der Waals surface area contributed by atoms with Gasteiger partial charge in [0.2, 0.25) is 5.95 Å². The Morgan fingerprint density at radius 3 is 2.00 bits per heavy atom. The average molecular weight is 669 g/mol. The first-order valence-corrected chi connectivity index (χ1v) is 18.0. The van der Waals surface area contributed by atoms with E-state index in [0.717, 1.165) is 38.9 Å². The fourth-order valence-electron chi connectivity index (χ4n) is 7.76. The highest BCUT2D eigenvalue weighted by Gasteiger charge is 2.22. The lowest BCUT2D eigenvalue weighted by Crippen LogP contribution is -2.03. The summed E-state index contributed by atoms with van der Waals surface area (Å²) in [6.45, 7) is 0. The molecule has 0 aliphatic rings. The van der Waals surface area contributed by atoms with Crippen LogP contribution in [0.4, 0.5) is 0 Å². The van der Waals surface area contributed by atoms with Crippen LogP contribution in [-0.4, -0.2) is 19.1 Å². The molecule has 4 heterocycles. The van der Waals surface area contributed by atoms with Crippen LogP contribution in [0.1, 0.15) is 0 Å². The van der Waals surface area contributed by atoms with Gasteiger partial charge in [0.15, 0.2) is 0 Å². The first-order valence-electron chi connectivity index (χ1n) is 17.2. The van der Waals surface area contributed by atoms with E-state index in [-0.39, 0.29) is 0 Å². The normalized spacial score (nSPS) is 11.9. The molecule has 11 aromatic rings. The van der Waals surface area contributed by atoms with Gasteiger partial charge in [-0.1, -0.05) is 121 Å². The highest BCUT2D eigenvalue weighted by molar-refractivity contribution is 7.26. The van der Waals surface area contributed by atoms with Crippen molar-refractivity contribution in [3.05, 3.63) is 170 Å². The van der Waals surface area contributed by atoms with Crippen LogP contribution in [0.15, 0.2) is 170 Å². The molecule has 0 aliphatic heterocycles. The largest absolute Gasteiger partial charge is 0.317 e. The first-order chi connectivity index (χ1) is 25.3. The van der Waals surface area contributed by atoms with Gasteiger partial charge >= 0.3 is 0 Å². The van der Waals surface area contributed by atoms with E-state index in [9.17, 15) is 0 Å². The highest BCUT2D eigenvalue weighted by Crippen LogP contribution is 2.44. The molecule has 0 bridgehead atoms. The summed E-state index contributed by atoms with van der Waals surface area (Å²) < 4.78 is 7.11. The van der Waals surface area contributed by atoms with Gasteiger partial charge in [0.05, 0.1) is 32.5 Å². The lowest BCUT2D eigenvalue weighted by atomic mass is 10.0. The van der Waals surface area contributed by atoms with Crippen LogP contribution >= 0.6 is 11.3 Å². The molecule has 0 N–H and O–H groups in total. The van der Waals surface area contributed by atoms with Gasteiger partial charge < -0.3 is 4.57 Å². The standard InChI is InChI=1S/C46H28N4S/c1-3-11-29(12-4-1)30-19-21-31(22-20-30)43-37-16-7-9-17-39(37)47-46(48-43)50-41-27-32-25-26-49(33-13-5-2-6-14-33)40(32)28-38(41)35-23-24-36-34-15-8-10-18-42(34)51-45(36)44(35)50/h1-28H. The number of nitrogens with zero attached hydrogens (tertiary/aromatic N) is 4. The lowest BCUT2D eigenvalue weighted by molar-refractivity contribution is 1.02. The number of rotatable bonds is 4. The Morgan fingerprint density at radius 2 is 1.16 bits per heavy atom. The molecular weight excluding hydrogens is 641 g/mol. The summed E-state index contributed by atoms with van der Waals surface area (Å²) in [4.78, 5) is 10.8. The van der Waals surface area contributed by atoms with Crippen LogP contribution in [0.2, 0.25) is 0 Å². The average Bonchev–Trinajstić information content (AvgIpc) is 3.89. The zero-order valence-corrected chi connectivity index (χ0v) is 28.2. The summed E-state index contributed by atoms with van der Waals surface area (Å²) in [6, 6.07) is 58.4. The van der Waals surface area contributed by atoms with Gasteiger partial charge in [0.25, 0.3) is 0 Å². The maximum absolute atomic E-state index is 5.46. The summed E-state index contributed by atoms with van der Waals surface area (Å²) in [5, 5.41) is 7.10. The number of fused-ring (bicyclic) bond motifs is 9. The van der Waals surface area contributed by atoms with Crippen molar-refractivity contribution in [2.24, 2.45) is 0 Å². The van der Waals surface area contributed by atoms with Gasteiger partial charge in [-0.3, -0.25) is 4.57 Å². The Hall–Kier alpha value is -6.56. The molecule has 0 atom stereocenters. The van der Waals surface area contributed by atoms with Crippen LogP contribution in [0, 0.1) is 0 Å². The predicted molar refractivity (Wildman–Crippen MR) is 214 cm³/mol. The molecule has 238 valence electrons. The highest BCUT2D eigenvalue weighted by atomic mass is 32.1. The molecule has 0 amide bonds. The third-order valence-corrected chi connectivity index (χ3v) is 11.4. The van der Waals surface area contributed by atoms with Gasteiger partial charge in [-0.05, 0) is 53.6 Å². The van der Waals surface area contributed by atoms with Crippen molar-refractivity contribution in [2.75, 3.05) is 0 Å². The quantitative estimate of drug-likeness (QED) is 0.187. The Balaban J connectivity index is 1.23. The number of benzene rings is 7. The van der Waals surface area contributed by atoms with E-state index in [2.05, 4.69) is 179 Å². The van der Waals surface area contributed by atoms with Crippen molar-refractivity contribution < 1.29 is 0 Å². The van der Waals surface area contributed by atoms with Gasteiger partial charge in [0, 0.05) is 54.5 Å². The molecule has 51 heavy (non-hydrogen) atoms. The lowest BCUT2D eigenvalue weighted by Gasteiger charge is -2.12. The summed E-state index contributed by atoms with van der Waals surface area (Å²) in [5.41, 5.74) is 9.82. The monoisotopic (exact) mass is 668 g/mol. The van der Waals surface area contributed by atoms with Crippen molar-refractivity contribution in [3.63, 3.8) is 0 Å². The third-order valence-electron chi connectivity index (χ3n) is 10.2. The number of hydrogen-bond donors (Lipinski definition) is 0. The van der Waals surface area contributed by atoms with Crippen molar-refractivity contribution in [2.45, 2.75) is 0 Å². The van der Waals surface area contributed by atoms with E-state index < -0.39 is 0 Å². The molecule has 0 fully saturated rings. The molecule has 4 aromatic heterocycles. The molecule has 0 saturated heterocycles. The van der Waals surface area contributed by atoms with Crippen molar-refractivity contribution in [1.29, 1.82) is 0 Å². The van der Waals surface area contributed by atoms with Crippen LogP contribution in [-0.2, 0) is 0 Å². The first kappa shape index (κ1) is 28.3. The Morgan fingerprint density at radius 1 is 0.471 bits per heavy atom. The van der Waals surface area contributed by atoms with E-state index in [1.807, 2.05) is 11.3 Å². The van der Waals surface area contributed by atoms with Gasteiger partial charge in [-0.2, -0.15) is 0 Å². The Kier molecular flexibility index (Phi) is 6.09. The second-order valence-corrected chi connectivity index (χ2v) is 14.1. The molecule has 4 nitrogen and oxygen atoms in total. The fourth-order valence-corrected chi connectivity index (χ4v) is 9.00. The van der Waals surface area contributed by atoms with Crippen molar-refractivity contribution in [3.8, 4) is 34.0 Å². The minimum Gasteiger partial charge on any atom is -0.317 e. The molecule has 11 rings (SSSR count). The fraction of sp³-hybridized carbons (Fsp3) is 0. The van der Waals surface area contributed by atoms with Crippen LogP contribution < -0.4 is 0 Å². The molecule has 7 aromatic carbocycles. The number of aromatic nitrogens is 4. The van der Waals surface area contributed by atoms with E-state index in [4.69, 9.17) is 9.97 Å². The van der Waals surface area contributed by atoms with Crippen molar-refractivity contribution >= 4 is 75.1 Å². The number of thiophene rings is 1. The van der Waals surface area contributed by atoms with Crippen LogP contribution in [0.5, 0.6) is 0 Å². The molecule has 0 aliphatic carbocycles. The van der Waals surface area contributed by atoms with E-state index >= 15 is 0 Å². The second-order valence-electron chi connectivity index (χ2n) is 13.1. The van der Waals surface area contributed by atoms with Gasteiger partial charge in [-0.25, -0.2) is 9.97 Å². The molecule has 0 spiro atoms. The minimum absolute atomic E-state index is 0.669. The zero-order chi connectivity index (χ0) is 33.5. The molecular formula is C46H28N4S. The number of hydrogen-bond acceptors (Lipinski definition) is 3. The van der Waals surface area contributed by atoms with E-state index in [1.54, 1.807) is 0 Å². The molecule has 5 heteroatoms. The summed E-state index contributed by atoms with van der Waals surface area (Å²) in [6.07, 6.45) is 2.17. The summed E-state index contributed by atoms with van der Waals surface area (Å²) in [5.74, 6) is 0.669. The number of para-hydroxylation sites is 2. The zero-order valence-electron chi connectivity index (χ0n) is 27.4. The van der Waals surface area contributed by atoms with E-state index in [1.165, 1.54) is 53.0 Å². The Labute approximate surface area is 297 Å². The summed E-state index contributed by atoms with van der Waals surface area (Å²) in [7, 11) is 0. The van der Waals surface area contributed by atoms with Crippen molar-refractivity contribution in [1.82, 2.24) is 19.1 Å². The predicted octanol–water partition coefficient (Wildman–Crippen LogP) is 12.4. The third kappa shape index (κ3) is 4.32. The molecule has 0 radical (unpaired) electrons. The van der Waals surface area contributed by atoms with Crippen LogP contribution in [0.3, 0.4) is 0 Å². The SMILES string of the molecule is c1ccc(-c2ccc(-c3nc(-n4c5cc6ccn(-c7ccccc7)c6cc5c5ccc6c7ccccc7sc6c54)nc4ccccc34)cc2)cc1. The second kappa shape index (κ2) is 11.0. The maximum Gasteiger partial charge on any atom is 0.235 e. The van der Waals surface area contributed by atoms with E-state index in [0.29, 0.717) is 5.95 Å². The molecule has 0 unspecified atom stereocenters.